The molecule has 98 valence electrons. The number of hydrogen-bond acceptors (Lipinski definition) is 2. The summed E-state index contributed by atoms with van der Waals surface area (Å²) >= 11 is 0. The Morgan fingerprint density at radius 2 is 2.00 bits per heavy atom. The van der Waals surface area contributed by atoms with Crippen molar-refractivity contribution in [3.63, 3.8) is 0 Å². The second-order valence-corrected chi connectivity index (χ2v) is 4.94. The van der Waals surface area contributed by atoms with E-state index in [-0.39, 0.29) is 5.91 Å². The Kier molecular flexibility index (Phi) is 4.76. The number of nitrogens with one attached hydrogen (secondary N) is 1. The monoisotopic (exact) mass is 246 g/mol. The number of carbonyl (C=O) groups is 1. The zero-order valence-corrected chi connectivity index (χ0v) is 11.1. The third-order valence-corrected chi connectivity index (χ3v) is 3.36. The normalized spacial score (nSPS) is 15.8. The zero-order chi connectivity index (χ0) is 12.8. The van der Waals surface area contributed by atoms with Gasteiger partial charge >= 0.3 is 0 Å². The number of benzene rings is 1. The maximum absolute atomic E-state index is 11.7. The SMILES string of the molecule is CCCC(=O)Nc1ccccc1CN1CCCC1. The largest absolute Gasteiger partial charge is 0.326 e. The van der Waals surface area contributed by atoms with Crippen LogP contribution in [0.2, 0.25) is 0 Å². The number of anilines is 1. The van der Waals surface area contributed by atoms with E-state index in [1.54, 1.807) is 0 Å². The predicted octanol–water partition coefficient (Wildman–Crippen LogP) is 3.02. The van der Waals surface area contributed by atoms with Gasteiger partial charge in [-0.15, -0.1) is 0 Å². The summed E-state index contributed by atoms with van der Waals surface area (Å²) in [5.41, 5.74) is 2.20. The lowest BCUT2D eigenvalue weighted by Gasteiger charge is -2.17. The molecule has 1 saturated heterocycles. The molecule has 0 aliphatic carbocycles. The molecule has 1 aromatic rings. The lowest BCUT2D eigenvalue weighted by atomic mass is 10.1. The number of carbonyl (C=O) groups excluding carboxylic acids is 1. The van der Waals surface area contributed by atoms with Crippen LogP contribution >= 0.6 is 0 Å². The molecule has 1 aliphatic rings. The zero-order valence-electron chi connectivity index (χ0n) is 11.1. The van der Waals surface area contributed by atoms with E-state index in [1.165, 1.54) is 31.5 Å². The third-order valence-electron chi connectivity index (χ3n) is 3.36. The lowest BCUT2D eigenvalue weighted by Crippen LogP contribution is -2.20. The van der Waals surface area contributed by atoms with E-state index in [0.717, 1.165) is 18.7 Å². The second kappa shape index (κ2) is 6.55. The Labute approximate surface area is 109 Å². The van der Waals surface area contributed by atoms with Crippen LogP contribution in [0.5, 0.6) is 0 Å². The van der Waals surface area contributed by atoms with Gasteiger partial charge in [0.2, 0.25) is 5.91 Å². The van der Waals surface area contributed by atoms with Crippen LogP contribution in [0.4, 0.5) is 5.69 Å². The minimum atomic E-state index is 0.117. The molecular formula is C15H22N2O. The molecular weight excluding hydrogens is 224 g/mol. The number of rotatable bonds is 5. The summed E-state index contributed by atoms with van der Waals surface area (Å²) in [4.78, 5) is 14.1. The average Bonchev–Trinajstić information content (AvgIpc) is 2.85. The maximum atomic E-state index is 11.7. The Balaban J connectivity index is 2.02. The average molecular weight is 246 g/mol. The minimum absolute atomic E-state index is 0.117. The Morgan fingerprint density at radius 1 is 1.28 bits per heavy atom. The van der Waals surface area contributed by atoms with Crippen LogP contribution in [-0.4, -0.2) is 23.9 Å². The van der Waals surface area contributed by atoms with Gasteiger partial charge in [0.25, 0.3) is 0 Å². The predicted molar refractivity (Wildman–Crippen MR) is 74.5 cm³/mol. The van der Waals surface area contributed by atoms with Crippen LogP contribution in [0.1, 0.15) is 38.2 Å². The summed E-state index contributed by atoms with van der Waals surface area (Å²) in [6, 6.07) is 8.13. The first-order chi connectivity index (χ1) is 8.79. The number of nitrogens with zero attached hydrogens (tertiary/aromatic N) is 1. The standard InChI is InChI=1S/C15H22N2O/c1-2-7-15(18)16-14-9-4-3-8-13(14)12-17-10-5-6-11-17/h3-4,8-9H,2,5-7,10-12H2,1H3,(H,16,18). The number of hydrogen-bond donors (Lipinski definition) is 1. The number of likely N-dealkylation sites (tertiary alicyclic amines) is 1. The molecule has 0 unspecified atom stereocenters. The molecule has 3 heteroatoms. The van der Waals surface area contributed by atoms with Crippen LogP contribution in [0.15, 0.2) is 24.3 Å². The number of amides is 1. The summed E-state index contributed by atoms with van der Waals surface area (Å²) in [6.07, 6.45) is 4.08. The van der Waals surface area contributed by atoms with Crippen LogP contribution in [0.3, 0.4) is 0 Å². The molecule has 1 aromatic carbocycles. The van der Waals surface area contributed by atoms with E-state index in [9.17, 15) is 4.79 Å². The molecule has 0 bridgehead atoms. The van der Waals surface area contributed by atoms with Crippen molar-refractivity contribution in [1.82, 2.24) is 4.90 Å². The maximum Gasteiger partial charge on any atom is 0.224 e. The van der Waals surface area contributed by atoms with E-state index in [4.69, 9.17) is 0 Å². The fourth-order valence-electron chi connectivity index (χ4n) is 2.40. The van der Waals surface area contributed by atoms with Crippen LogP contribution in [0, 0.1) is 0 Å². The number of para-hydroxylation sites is 1. The van der Waals surface area contributed by atoms with Crippen LogP contribution < -0.4 is 5.32 Å². The van der Waals surface area contributed by atoms with E-state index < -0.39 is 0 Å². The van der Waals surface area contributed by atoms with Gasteiger partial charge in [-0.25, -0.2) is 0 Å². The lowest BCUT2D eigenvalue weighted by molar-refractivity contribution is -0.116. The molecule has 18 heavy (non-hydrogen) atoms. The van der Waals surface area contributed by atoms with E-state index >= 15 is 0 Å². The molecule has 1 fully saturated rings. The highest BCUT2D eigenvalue weighted by Gasteiger charge is 2.14. The first kappa shape index (κ1) is 13.1. The summed E-state index contributed by atoms with van der Waals surface area (Å²) in [5, 5.41) is 3.02. The van der Waals surface area contributed by atoms with E-state index in [2.05, 4.69) is 16.3 Å². The van der Waals surface area contributed by atoms with Crippen molar-refractivity contribution in [3.05, 3.63) is 29.8 Å². The fourth-order valence-corrected chi connectivity index (χ4v) is 2.40. The van der Waals surface area contributed by atoms with Crippen molar-refractivity contribution < 1.29 is 4.79 Å². The van der Waals surface area contributed by atoms with E-state index in [0.29, 0.717) is 6.42 Å². The molecule has 1 heterocycles. The first-order valence-electron chi connectivity index (χ1n) is 6.89. The van der Waals surface area contributed by atoms with Crippen molar-refractivity contribution in [2.24, 2.45) is 0 Å². The van der Waals surface area contributed by atoms with Crippen molar-refractivity contribution in [2.75, 3.05) is 18.4 Å². The molecule has 1 aliphatic heterocycles. The molecule has 1 amide bonds. The van der Waals surface area contributed by atoms with Gasteiger partial charge in [0.15, 0.2) is 0 Å². The summed E-state index contributed by atoms with van der Waals surface area (Å²) < 4.78 is 0. The molecule has 0 saturated carbocycles. The quantitative estimate of drug-likeness (QED) is 0.866. The van der Waals surface area contributed by atoms with Crippen LogP contribution in [0.25, 0.3) is 0 Å². The highest BCUT2D eigenvalue weighted by molar-refractivity contribution is 5.91. The van der Waals surface area contributed by atoms with Gasteiger partial charge in [0.05, 0.1) is 0 Å². The first-order valence-corrected chi connectivity index (χ1v) is 6.89. The summed E-state index contributed by atoms with van der Waals surface area (Å²) in [6.45, 7) is 5.33. The van der Waals surface area contributed by atoms with Crippen molar-refractivity contribution >= 4 is 11.6 Å². The summed E-state index contributed by atoms with van der Waals surface area (Å²) in [5.74, 6) is 0.117. The van der Waals surface area contributed by atoms with Gasteiger partial charge in [0, 0.05) is 18.7 Å². The Hall–Kier alpha value is -1.35. The molecule has 0 atom stereocenters. The van der Waals surface area contributed by atoms with Gasteiger partial charge in [-0.05, 0) is 44.0 Å². The van der Waals surface area contributed by atoms with Gasteiger partial charge in [-0.2, -0.15) is 0 Å². The van der Waals surface area contributed by atoms with Gasteiger partial charge in [-0.1, -0.05) is 25.1 Å². The summed E-state index contributed by atoms with van der Waals surface area (Å²) in [7, 11) is 0. The molecule has 1 N–H and O–H groups in total. The third kappa shape index (κ3) is 3.57. The second-order valence-electron chi connectivity index (χ2n) is 4.94. The van der Waals surface area contributed by atoms with Crippen LogP contribution in [-0.2, 0) is 11.3 Å². The topological polar surface area (TPSA) is 32.3 Å². The molecule has 3 nitrogen and oxygen atoms in total. The van der Waals surface area contributed by atoms with Gasteiger partial charge < -0.3 is 5.32 Å². The Morgan fingerprint density at radius 3 is 2.72 bits per heavy atom. The smallest absolute Gasteiger partial charge is 0.224 e. The van der Waals surface area contributed by atoms with Gasteiger partial charge in [-0.3, -0.25) is 9.69 Å². The molecule has 0 radical (unpaired) electrons. The van der Waals surface area contributed by atoms with Crippen molar-refractivity contribution in [2.45, 2.75) is 39.2 Å². The van der Waals surface area contributed by atoms with E-state index in [1.807, 2.05) is 25.1 Å². The Bertz CT molecular complexity index is 397. The van der Waals surface area contributed by atoms with Gasteiger partial charge in [0.1, 0.15) is 0 Å². The molecule has 0 spiro atoms. The minimum Gasteiger partial charge on any atom is -0.326 e. The highest BCUT2D eigenvalue weighted by Crippen LogP contribution is 2.20. The fraction of sp³-hybridized carbons (Fsp3) is 0.533. The highest BCUT2D eigenvalue weighted by atomic mass is 16.1. The molecule has 2 rings (SSSR count). The van der Waals surface area contributed by atoms with Crippen molar-refractivity contribution in [1.29, 1.82) is 0 Å². The molecule has 0 aromatic heterocycles. The van der Waals surface area contributed by atoms with Crippen molar-refractivity contribution in [3.8, 4) is 0 Å².